The number of nitrogens with zero attached hydrogens (tertiary/aromatic N) is 3. The fraction of sp³-hybridized carbons (Fsp3) is 0.273. The Morgan fingerprint density at radius 2 is 1.81 bits per heavy atom. The van der Waals surface area contributed by atoms with E-state index >= 15 is 0 Å². The van der Waals surface area contributed by atoms with Crippen LogP contribution in [0.1, 0.15) is 35.1 Å². The Hall–Kier alpha value is -2.35. The Morgan fingerprint density at radius 1 is 1.06 bits per heavy atom. The van der Waals surface area contributed by atoms with Crippen molar-refractivity contribution in [1.82, 2.24) is 20.1 Å². The highest BCUT2D eigenvalue weighted by atomic mass is 35.5. The van der Waals surface area contributed by atoms with Crippen LogP contribution in [0.15, 0.2) is 47.6 Å². The minimum absolute atomic E-state index is 0.0147. The molecule has 162 valence electrons. The number of aryl methyl sites for hydroxylation is 2. The topological polar surface area (TPSA) is 76.9 Å². The molecule has 0 bridgehead atoms. The van der Waals surface area contributed by atoms with Crippen LogP contribution >= 0.6 is 35.0 Å². The van der Waals surface area contributed by atoms with E-state index in [-0.39, 0.29) is 17.4 Å². The van der Waals surface area contributed by atoms with Crippen LogP contribution in [-0.4, -0.2) is 38.8 Å². The third-order valence-corrected chi connectivity index (χ3v) is 6.19. The quantitative estimate of drug-likeness (QED) is 0.269. The molecule has 0 radical (unpaired) electrons. The second-order valence-electron chi connectivity index (χ2n) is 7.00. The van der Waals surface area contributed by atoms with Gasteiger partial charge in [0.15, 0.2) is 10.9 Å². The fourth-order valence-corrected chi connectivity index (χ4v) is 4.06. The first kappa shape index (κ1) is 23.3. The largest absolute Gasteiger partial charge is 0.356 e. The number of benzene rings is 2. The van der Waals surface area contributed by atoms with Gasteiger partial charge in [-0.25, -0.2) is 0 Å². The summed E-state index contributed by atoms with van der Waals surface area (Å²) in [5.41, 5.74) is 2.53. The smallest absolute Gasteiger partial charge is 0.216 e. The highest BCUT2D eigenvalue weighted by Crippen LogP contribution is 2.28. The Labute approximate surface area is 195 Å². The monoisotopic (exact) mass is 476 g/mol. The van der Waals surface area contributed by atoms with Gasteiger partial charge in [-0.15, -0.1) is 10.2 Å². The highest BCUT2D eigenvalue weighted by Gasteiger charge is 2.17. The third-order valence-electron chi connectivity index (χ3n) is 4.52. The van der Waals surface area contributed by atoms with Gasteiger partial charge < -0.3 is 5.32 Å². The zero-order chi connectivity index (χ0) is 22.4. The number of aromatic nitrogens is 3. The number of halogens is 2. The van der Waals surface area contributed by atoms with Gasteiger partial charge in [-0.2, -0.15) is 0 Å². The van der Waals surface area contributed by atoms with E-state index in [4.69, 9.17) is 23.2 Å². The summed E-state index contributed by atoms with van der Waals surface area (Å²) in [6.07, 6.45) is 1.30. The van der Waals surface area contributed by atoms with Crippen molar-refractivity contribution >= 4 is 46.7 Å². The van der Waals surface area contributed by atoms with Gasteiger partial charge in [0.05, 0.1) is 21.5 Å². The number of hydrogen-bond donors (Lipinski definition) is 1. The number of thioether (sulfide) groups is 1. The molecule has 0 fully saturated rings. The summed E-state index contributed by atoms with van der Waals surface area (Å²) >= 11 is 13.6. The number of rotatable bonds is 9. The molecular formula is C22H22Cl2N4O2S. The summed E-state index contributed by atoms with van der Waals surface area (Å²) in [5.74, 6) is 0.890. The Morgan fingerprint density at radius 3 is 2.48 bits per heavy atom. The molecule has 0 aliphatic rings. The predicted molar refractivity (Wildman–Crippen MR) is 125 cm³/mol. The van der Waals surface area contributed by atoms with Crippen LogP contribution < -0.4 is 5.32 Å². The molecule has 1 heterocycles. The lowest BCUT2D eigenvalue weighted by molar-refractivity contribution is -0.118. The second kappa shape index (κ2) is 10.8. The molecule has 3 aromatic rings. The van der Waals surface area contributed by atoms with E-state index in [1.165, 1.54) is 18.7 Å². The molecule has 1 aromatic heterocycles. The van der Waals surface area contributed by atoms with Crippen molar-refractivity contribution in [2.75, 3.05) is 12.3 Å². The Balaban J connectivity index is 1.81. The van der Waals surface area contributed by atoms with Gasteiger partial charge in [0.2, 0.25) is 5.91 Å². The summed E-state index contributed by atoms with van der Waals surface area (Å²) in [6.45, 7) is 4.01. The van der Waals surface area contributed by atoms with Crippen molar-refractivity contribution in [3.05, 3.63) is 69.5 Å². The molecule has 0 saturated carbocycles. The molecule has 6 nitrogen and oxygen atoms in total. The van der Waals surface area contributed by atoms with Crippen LogP contribution in [0.3, 0.4) is 0 Å². The maximum atomic E-state index is 12.6. The average Bonchev–Trinajstić information content (AvgIpc) is 3.14. The number of nitrogens with one attached hydrogen (secondary N) is 1. The Bertz CT molecular complexity index is 1080. The Kier molecular flexibility index (Phi) is 8.12. The second-order valence-corrected chi connectivity index (χ2v) is 8.75. The van der Waals surface area contributed by atoms with Crippen LogP contribution in [-0.2, 0) is 11.2 Å². The normalized spacial score (nSPS) is 10.8. The molecular weight excluding hydrogens is 455 g/mol. The van der Waals surface area contributed by atoms with Gasteiger partial charge in [-0.05, 0) is 31.5 Å². The highest BCUT2D eigenvalue weighted by molar-refractivity contribution is 7.99. The van der Waals surface area contributed by atoms with Crippen molar-refractivity contribution in [2.24, 2.45) is 0 Å². The van der Waals surface area contributed by atoms with Crippen molar-refractivity contribution < 1.29 is 9.59 Å². The van der Waals surface area contributed by atoms with Gasteiger partial charge in [0, 0.05) is 25.5 Å². The first-order valence-corrected chi connectivity index (χ1v) is 11.5. The predicted octanol–water partition coefficient (Wildman–Crippen LogP) is 4.93. The van der Waals surface area contributed by atoms with E-state index in [1.54, 1.807) is 12.1 Å². The van der Waals surface area contributed by atoms with Crippen LogP contribution in [0.2, 0.25) is 10.0 Å². The lowest BCUT2D eigenvalue weighted by atomic mass is 10.1. The van der Waals surface area contributed by atoms with Gasteiger partial charge in [-0.1, -0.05) is 64.8 Å². The summed E-state index contributed by atoms with van der Waals surface area (Å²) < 4.78 is 1.88. The van der Waals surface area contributed by atoms with E-state index in [9.17, 15) is 9.59 Å². The molecule has 1 N–H and O–H groups in total. The summed E-state index contributed by atoms with van der Waals surface area (Å²) in [5, 5.41) is 12.9. The summed E-state index contributed by atoms with van der Waals surface area (Å²) in [7, 11) is 0. The molecule has 1 amide bonds. The summed E-state index contributed by atoms with van der Waals surface area (Å²) in [6, 6.07) is 12.8. The molecule has 2 aromatic carbocycles. The minimum Gasteiger partial charge on any atom is -0.356 e. The number of carbonyl (C=O) groups is 2. The van der Waals surface area contributed by atoms with Crippen LogP contribution in [0, 0.1) is 6.92 Å². The fourth-order valence-electron chi connectivity index (χ4n) is 2.90. The number of amides is 1. The van der Waals surface area contributed by atoms with E-state index in [0.717, 1.165) is 11.3 Å². The molecule has 0 spiro atoms. The van der Waals surface area contributed by atoms with Gasteiger partial charge >= 0.3 is 0 Å². The van der Waals surface area contributed by atoms with Crippen LogP contribution in [0.4, 0.5) is 0 Å². The first-order valence-electron chi connectivity index (χ1n) is 9.72. The van der Waals surface area contributed by atoms with Crippen molar-refractivity contribution in [2.45, 2.75) is 31.8 Å². The van der Waals surface area contributed by atoms with E-state index in [2.05, 4.69) is 15.5 Å². The number of Topliss-reactive ketones (excluding diaryl/α,β-unsaturated/α-hetero) is 1. The van der Waals surface area contributed by atoms with Crippen molar-refractivity contribution in [3.8, 4) is 5.69 Å². The first-order chi connectivity index (χ1) is 14.8. The molecule has 0 atom stereocenters. The molecule has 0 saturated heterocycles. The lowest BCUT2D eigenvalue weighted by Crippen LogP contribution is -2.21. The molecule has 0 aliphatic heterocycles. The van der Waals surface area contributed by atoms with Gasteiger partial charge in [0.1, 0.15) is 5.82 Å². The summed E-state index contributed by atoms with van der Waals surface area (Å²) in [4.78, 5) is 23.7. The SMILES string of the molecule is CC(=O)NCCCc1nnc(SCC(=O)c2ccc(C)cc2)n1-c1ccc(Cl)c(Cl)c1. The average molecular weight is 477 g/mol. The minimum atomic E-state index is -0.0724. The van der Waals surface area contributed by atoms with Crippen molar-refractivity contribution in [1.29, 1.82) is 0 Å². The van der Waals surface area contributed by atoms with E-state index < -0.39 is 0 Å². The number of carbonyl (C=O) groups excluding carboxylic acids is 2. The van der Waals surface area contributed by atoms with Gasteiger partial charge in [0.25, 0.3) is 0 Å². The number of hydrogen-bond acceptors (Lipinski definition) is 5. The van der Waals surface area contributed by atoms with E-state index in [1.807, 2.05) is 41.8 Å². The molecule has 9 heteroatoms. The molecule has 31 heavy (non-hydrogen) atoms. The zero-order valence-electron chi connectivity index (χ0n) is 17.2. The maximum absolute atomic E-state index is 12.6. The maximum Gasteiger partial charge on any atom is 0.216 e. The van der Waals surface area contributed by atoms with Crippen LogP contribution in [0.5, 0.6) is 0 Å². The van der Waals surface area contributed by atoms with Crippen molar-refractivity contribution in [3.63, 3.8) is 0 Å². The molecule has 3 rings (SSSR count). The third kappa shape index (κ3) is 6.32. The lowest BCUT2D eigenvalue weighted by Gasteiger charge is -2.11. The zero-order valence-corrected chi connectivity index (χ0v) is 19.5. The van der Waals surface area contributed by atoms with Gasteiger partial charge in [-0.3, -0.25) is 14.2 Å². The molecule has 0 aliphatic carbocycles. The standard InChI is InChI=1S/C22H22Cl2N4O2S/c1-14-5-7-16(8-6-14)20(30)13-31-22-27-26-21(4-3-11-25-15(2)29)28(22)17-9-10-18(23)19(24)12-17/h5-10,12H,3-4,11,13H2,1-2H3,(H,25,29). The van der Waals surface area contributed by atoms with E-state index in [0.29, 0.717) is 46.0 Å². The van der Waals surface area contributed by atoms with Crippen LogP contribution in [0.25, 0.3) is 5.69 Å². The number of ketones is 1. The molecule has 0 unspecified atom stereocenters.